The molecule has 1 amide bonds. The van der Waals surface area contributed by atoms with Crippen LogP contribution in [0.1, 0.15) is 32.6 Å². The van der Waals surface area contributed by atoms with Crippen LogP contribution in [-0.4, -0.2) is 49.7 Å². The molecule has 0 unspecified atom stereocenters. The molecule has 0 aromatic heterocycles. The Morgan fingerprint density at radius 3 is 2.09 bits per heavy atom. The standard InChI is InChI=1S/C27H27N3O3S2/c1-19-4-7-23(8-5-19)27(31)29-10-12-30(13-11-29)35(32,33)26-17-22(18-28)6-9-25(26)34-24-15-20(2)14-21(3)16-24/h4-9,14-17H,10-13H2,1-3H3. The highest BCUT2D eigenvalue weighted by Crippen LogP contribution is 2.36. The molecule has 1 aliphatic heterocycles. The Kier molecular flexibility index (Phi) is 7.31. The molecule has 180 valence electrons. The highest BCUT2D eigenvalue weighted by atomic mass is 32.2. The first-order valence-electron chi connectivity index (χ1n) is 11.3. The lowest BCUT2D eigenvalue weighted by Crippen LogP contribution is -2.50. The van der Waals surface area contributed by atoms with Gasteiger partial charge in [-0.2, -0.15) is 9.57 Å². The van der Waals surface area contributed by atoms with E-state index in [1.54, 1.807) is 29.2 Å². The van der Waals surface area contributed by atoms with E-state index in [1.165, 1.54) is 22.1 Å². The van der Waals surface area contributed by atoms with Crippen molar-refractivity contribution < 1.29 is 13.2 Å². The Morgan fingerprint density at radius 1 is 0.857 bits per heavy atom. The van der Waals surface area contributed by atoms with Crippen molar-refractivity contribution in [3.63, 3.8) is 0 Å². The number of hydrogen-bond acceptors (Lipinski definition) is 5. The van der Waals surface area contributed by atoms with Gasteiger partial charge in [0.15, 0.2) is 0 Å². The van der Waals surface area contributed by atoms with Crippen LogP contribution in [0.2, 0.25) is 0 Å². The minimum absolute atomic E-state index is 0.0976. The second-order valence-electron chi connectivity index (χ2n) is 8.76. The first-order chi connectivity index (χ1) is 16.7. The molecule has 0 saturated carbocycles. The highest BCUT2D eigenvalue weighted by molar-refractivity contribution is 8.00. The molecule has 0 bridgehead atoms. The topological polar surface area (TPSA) is 81.5 Å². The Bertz CT molecular complexity index is 1380. The number of carbonyl (C=O) groups excluding carboxylic acids is 1. The van der Waals surface area contributed by atoms with Crippen LogP contribution < -0.4 is 0 Å². The monoisotopic (exact) mass is 505 g/mol. The lowest BCUT2D eigenvalue weighted by atomic mass is 10.1. The van der Waals surface area contributed by atoms with Gasteiger partial charge in [-0.25, -0.2) is 8.42 Å². The van der Waals surface area contributed by atoms with E-state index >= 15 is 0 Å². The van der Waals surface area contributed by atoms with E-state index in [0.717, 1.165) is 21.6 Å². The molecule has 8 heteroatoms. The fraction of sp³-hybridized carbons (Fsp3) is 0.259. The van der Waals surface area contributed by atoms with Gasteiger partial charge < -0.3 is 4.90 Å². The predicted octanol–water partition coefficient (Wildman–Crippen LogP) is 4.78. The molecule has 0 atom stereocenters. The lowest BCUT2D eigenvalue weighted by Gasteiger charge is -2.34. The SMILES string of the molecule is Cc1ccc(C(=O)N2CCN(S(=O)(=O)c3cc(C#N)ccc3Sc3cc(C)cc(C)c3)CC2)cc1. The minimum Gasteiger partial charge on any atom is -0.336 e. The molecule has 1 heterocycles. The molecule has 0 radical (unpaired) electrons. The molecule has 3 aromatic rings. The summed E-state index contributed by atoms with van der Waals surface area (Å²) in [4.78, 5) is 16.2. The molecule has 6 nitrogen and oxygen atoms in total. The molecule has 1 saturated heterocycles. The van der Waals surface area contributed by atoms with Crippen molar-refractivity contribution in [2.45, 2.75) is 35.5 Å². The molecule has 0 spiro atoms. The smallest absolute Gasteiger partial charge is 0.253 e. The fourth-order valence-electron chi connectivity index (χ4n) is 4.13. The summed E-state index contributed by atoms with van der Waals surface area (Å²) in [6.45, 7) is 6.99. The molecule has 4 rings (SSSR count). The van der Waals surface area contributed by atoms with Gasteiger partial charge in [-0.1, -0.05) is 35.5 Å². The maximum Gasteiger partial charge on any atom is 0.253 e. The first kappa shape index (κ1) is 25.0. The zero-order valence-corrected chi connectivity index (χ0v) is 21.6. The van der Waals surface area contributed by atoms with Crippen LogP contribution in [0, 0.1) is 32.1 Å². The quantitative estimate of drug-likeness (QED) is 0.498. The van der Waals surface area contributed by atoms with Crippen molar-refractivity contribution in [1.82, 2.24) is 9.21 Å². The summed E-state index contributed by atoms with van der Waals surface area (Å²) >= 11 is 1.38. The van der Waals surface area contributed by atoms with E-state index < -0.39 is 10.0 Å². The number of benzene rings is 3. The first-order valence-corrected chi connectivity index (χ1v) is 13.6. The third kappa shape index (κ3) is 5.59. The summed E-state index contributed by atoms with van der Waals surface area (Å²) in [7, 11) is -3.86. The maximum absolute atomic E-state index is 13.7. The maximum atomic E-state index is 13.7. The molecule has 35 heavy (non-hydrogen) atoms. The summed E-state index contributed by atoms with van der Waals surface area (Å²) in [5, 5.41) is 9.40. The normalized spacial score (nSPS) is 14.5. The molecule has 3 aromatic carbocycles. The van der Waals surface area contributed by atoms with Gasteiger partial charge in [-0.15, -0.1) is 0 Å². The highest BCUT2D eigenvalue weighted by Gasteiger charge is 2.32. The van der Waals surface area contributed by atoms with Gasteiger partial charge in [-0.05, 0) is 74.4 Å². The lowest BCUT2D eigenvalue weighted by molar-refractivity contribution is 0.0698. The van der Waals surface area contributed by atoms with Gasteiger partial charge in [0.2, 0.25) is 10.0 Å². The van der Waals surface area contributed by atoms with Crippen molar-refractivity contribution in [2.24, 2.45) is 0 Å². The van der Waals surface area contributed by atoms with Gasteiger partial charge in [0.05, 0.1) is 16.5 Å². The zero-order valence-electron chi connectivity index (χ0n) is 20.0. The number of sulfonamides is 1. The van der Waals surface area contributed by atoms with Gasteiger partial charge in [-0.3, -0.25) is 4.79 Å². The second kappa shape index (κ2) is 10.2. The Labute approximate surface area is 211 Å². The number of piperazine rings is 1. The van der Waals surface area contributed by atoms with Crippen LogP contribution >= 0.6 is 11.8 Å². The van der Waals surface area contributed by atoms with Gasteiger partial charge in [0.25, 0.3) is 5.91 Å². The van der Waals surface area contributed by atoms with Crippen LogP contribution in [0.15, 0.2) is 75.4 Å². The summed E-state index contributed by atoms with van der Waals surface area (Å²) in [5.74, 6) is -0.0976. The average molecular weight is 506 g/mol. The minimum atomic E-state index is -3.86. The Hall–Kier alpha value is -3.12. The van der Waals surface area contributed by atoms with Gasteiger partial charge in [0, 0.05) is 41.5 Å². The summed E-state index contributed by atoms with van der Waals surface area (Å²) in [5.41, 5.74) is 4.16. The third-order valence-electron chi connectivity index (χ3n) is 5.94. The second-order valence-corrected chi connectivity index (χ2v) is 11.8. The van der Waals surface area contributed by atoms with Gasteiger partial charge in [0.1, 0.15) is 0 Å². The molecule has 1 fully saturated rings. The average Bonchev–Trinajstić information content (AvgIpc) is 2.83. The van der Waals surface area contributed by atoms with Crippen molar-refractivity contribution >= 4 is 27.7 Å². The van der Waals surface area contributed by atoms with Crippen molar-refractivity contribution in [1.29, 1.82) is 5.26 Å². The zero-order chi connectivity index (χ0) is 25.2. The summed E-state index contributed by atoms with van der Waals surface area (Å²) < 4.78 is 28.8. The molecular formula is C27H27N3O3S2. The number of nitrogens with zero attached hydrogens (tertiary/aromatic N) is 3. The van der Waals surface area contributed by atoms with Crippen LogP contribution in [0.5, 0.6) is 0 Å². The number of hydrogen-bond donors (Lipinski definition) is 0. The van der Waals surface area contributed by atoms with Gasteiger partial charge >= 0.3 is 0 Å². The van der Waals surface area contributed by atoms with Crippen LogP contribution in [0.25, 0.3) is 0 Å². The fourth-order valence-corrected chi connectivity index (χ4v) is 7.13. The number of carbonyl (C=O) groups is 1. The van der Waals surface area contributed by atoms with E-state index in [1.807, 2.05) is 45.0 Å². The molecular weight excluding hydrogens is 478 g/mol. The summed E-state index contributed by atoms with van der Waals surface area (Å²) in [6.07, 6.45) is 0. The Balaban J connectivity index is 1.57. The van der Waals surface area contributed by atoms with E-state index in [4.69, 9.17) is 0 Å². The van der Waals surface area contributed by atoms with E-state index in [2.05, 4.69) is 12.1 Å². The van der Waals surface area contributed by atoms with E-state index in [-0.39, 0.29) is 23.9 Å². The molecule has 0 N–H and O–H groups in total. The van der Waals surface area contributed by atoms with Crippen LogP contribution in [0.4, 0.5) is 0 Å². The third-order valence-corrected chi connectivity index (χ3v) is 9.05. The predicted molar refractivity (Wildman–Crippen MR) is 137 cm³/mol. The molecule has 0 aliphatic carbocycles. The van der Waals surface area contributed by atoms with E-state index in [9.17, 15) is 18.5 Å². The van der Waals surface area contributed by atoms with E-state index in [0.29, 0.717) is 29.1 Å². The number of rotatable bonds is 5. The van der Waals surface area contributed by atoms with Crippen molar-refractivity contribution in [2.75, 3.05) is 26.2 Å². The number of aryl methyl sites for hydroxylation is 3. The Morgan fingerprint density at radius 2 is 1.49 bits per heavy atom. The largest absolute Gasteiger partial charge is 0.336 e. The number of nitriles is 1. The van der Waals surface area contributed by atoms with Crippen molar-refractivity contribution in [3.05, 3.63) is 88.5 Å². The van der Waals surface area contributed by atoms with Crippen LogP contribution in [-0.2, 0) is 10.0 Å². The van der Waals surface area contributed by atoms with Crippen molar-refractivity contribution in [3.8, 4) is 6.07 Å². The molecule has 1 aliphatic rings. The number of amides is 1. The van der Waals surface area contributed by atoms with Crippen LogP contribution in [0.3, 0.4) is 0 Å². The summed E-state index contributed by atoms with van der Waals surface area (Å²) in [6, 6.07) is 20.3.